The molecule has 0 radical (unpaired) electrons. The van der Waals surface area contributed by atoms with E-state index in [0.717, 1.165) is 11.1 Å². The van der Waals surface area contributed by atoms with Crippen LogP contribution < -0.4 is 10.6 Å². The fraction of sp³-hybridized carbons (Fsp3) is 0.148. The number of carboxylic acids is 1. The van der Waals surface area contributed by atoms with Crippen LogP contribution >= 0.6 is 39.1 Å². The van der Waals surface area contributed by atoms with Gasteiger partial charge in [0.25, 0.3) is 11.8 Å². The number of carbonyl (C=O) groups is 3. The zero-order valence-corrected chi connectivity index (χ0v) is 23.8. The summed E-state index contributed by atoms with van der Waals surface area (Å²) in [6, 6.07) is 13.8. The number of hydrogen-bond acceptors (Lipinski definition) is 5. The SMILES string of the molecule is Cc1ccccc1CC(NC(=O)c1cc(Cl)cc(C)c1NC(=O)c1cc(Br)nn1-c1ncccc1Cl)C(=O)O. The number of rotatable bonds is 8. The Kier molecular flexibility index (Phi) is 8.69. The van der Waals surface area contributed by atoms with Gasteiger partial charge in [-0.1, -0.05) is 47.5 Å². The minimum absolute atomic E-state index is 0.00498. The quantitative estimate of drug-likeness (QED) is 0.232. The van der Waals surface area contributed by atoms with Crippen LogP contribution in [0.25, 0.3) is 5.82 Å². The number of benzene rings is 2. The summed E-state index contributed by atoms with van der Waals surface area (Å²) in [6.07, 6.45) is 1.59. The van der Waals surface area contributed by atoms with Gasteiger partial charge in [-0.2, -0.15) is 5.10 Å². The fourth-order valence-corrected chi connectivity index (χ4v) is 4.82. The molecule has 3 N–H and O–H groups in total. The lowest BCUT2D eigenvalue weighted by Crippen LogP contribution is -2.42. The standard InChI is InChI=1S/C27H22BrCl2N5O4/c1-14-6-3-4-7-16(14)11-20(27(38)39)32-25(36)18-12-17(29)10-15(2)23(18)33-26(37)21-13-22(28)34-35(21)24-19(30)8-5-9-31-24/h3-10,12-13,20H,11H2,1-2H3,(H,32,36)(H,33,37)(H,38,39). The third kappa shape index (κ3) is 6.47. The molecule has 12 heteroatoms. The summed E-state index contributed by atoms with van der Waals surface area (Å²) in [5, 5.41) is 19.9. The maximum absolute atomic E-state index is 13.4. The highest BCUT2D eigenvalue weighted by molar-refractivity contribution is 9.10. The Hall–Kier alpha value is -3.73. The molecule has 0 aliphatic heterocycles. The van der Waals surface area contributed by atoms with Crippen LogP contribution in [-0.4, -0.2) is 43.7 Å². The largest absolute Gasteiger partial charge is 0.480 e. The predicted molar refractivity (Wildman–Crippen MR) is 152 cm³/mol. The van der Waals surface area contributed by atoms with E-state index in [0.29, 0.717) is 10.2 Å². The molecule has 0 aliphatic rings. The number of anilines is 1. The number of aryl methyl sites for hydroxylation is 2. The van der Waals surface area contributed by atoms with Crippen molar-refractivity contribution in [2.24, 2.45) is 0 Å². The van der Waals surface area contributed by atoms with Gasteiger partial charge in [0.05, 0.1) is 16.3 Å². The molecule has 9 nitrogen and oxygen atoms in total. The molecule has 0 aliphatic carbocycles. The highest BCUT2D eigenvalue weighted by Crippen LogP contribution is 2.28. The lowest BCUT2D eigenvalue weighted by molar-refractivity contribution is -0.139. The summed E-state index contributed by atoms with van der Waals surface area (Å²) >= 11 is 15.8. The van der Waals surface area contributed by atoms with Gasteiger partial charge in [-0.3, -0.25) is 9.59 Å². The minimum Gasteiger partial charge on any atom is -0.480 e. The van der Waals surface area contributed by atoms with Gasteiger partial charge in [0.1, 0.15) is 16.3 Å². The van der Waals surface area contributed by atoms with E-state index in [9.17, 15) is 19.5 Å². The van der Waals surface area contributed by atoms with E-state index < -0.39 is 23.8 Å². The molecule has 4 aromatic rings. The molecule has 200 valence electrons. The molecule has 2 aromatic heterocycles. The van der Waals surface area contributed by atoms with Gasteiger partial charge in [0.2, 0.25) is 0 Å². The minimum atomic E-state index is -1.22. The lowest BCUT2D eigenvalue weighted by atomic mass is 10.0. The van der Waals surface area contributed by atoms with Crippen LogP contribution in [0.4, 0.5) is 5.69 Å². The van der Waals surface area contributed by atoms with Gasteiger partial charge >= 0.3 is 5.97 Å². The van der Waals surface area contributed by atoms with Crippen molar-refractivity contribution in [2.75, 3.05) is 5.32 Å². The average molecular weight is 631 g/mol. The lowest BCUT2D eigenvalue weighted by Gasteiger charge is -2.19. The van der Waals surface area contributed by atoms with E-state index in [1.54, 1.807) is 31.2 Å². The second-order valence-electron chi connectivity index (χ2n) is 8.67. The Morgan fingerprint density at radius 2 is 1.77 bits per heavy atom. The zero-order valence-electron chi connectivity index (χ0n) is 20.7. The summed E-state index contributed by atoms with van der Waals surface area (Å²) in [7, 11) is 0. The number of carboxylic acid groups (broad SMARTS) is 1. The number of aromatic nitrogens is 3. The number of carbonyl (C=O) groups excluding carboxylic acids is 2. The van der Waals surface area contributed by atoms with Crippen molar-refractivity contribution >= 4 is 62.6 Å². The highest BCUT2D eigenvalue weighted by Gasteiger charge is 2.26. The van der Waals surface area contributed by atoms with Crippen LogP contribution in [0.15, 0.2) is 65.4 Å². The van der Waals surface area contributed by atoms with Crippen LogP contribution in [-0.2, 0) is 11.2 Å². The molecule has 2 amide bonds. The number of hydrogen-bond donors (Lipinski definition) is 3. The third-order valence-corrected chi connectivity index (χ3v) is 6.82. The second-order valence-corrected chi connectivity index (χ2v) is 10.3. The van der Waals surface area contributed by atoms with Crippen LogP contribution in [0, 0.1) is 13.8 Å². The zero-order chi connectivity index (χ0) is 28.3. The third-order valence-electron chi connectivity index (χ3n) is 5.92. The van der Waals surface area contributed by atoms with Crippen LogP contribution in [0.2, 0.25) is 10.0 Å². The van der Waals surface area contributed by atoms with Crippen molar-refractivity contribution in [3.05, 3.63) is 103 Å². The second kappa shape index (κ2) is 12.0. The number of amides is 2. The highest BCUT2D eigenvalue weighted by atomic mass is 79.9. The summed E-state index contributed by atoms with van der Waals surface area (Å²) < 4.78 is 1.63. The smallest absolute Gasteiger partial charge is 0.326 e. The fourth-order valence-electron chi connectivity index (χ4n) is 3.97. The van der Waals surface area contributed by atoms with Crippen molar-refractivity contribution in [1.82, 2.24) is 20.1 Å². The van der Waals surface area contributed by atoms with Crippen molar-refractivity contribution in [3.8, 4) is 5.82 Å². The molecule has 1 unspecified atom stereocenters. The van der Waals surface area contributed by atoms with Gasteiger partial charge in [-0.15, -0.1) is 0 Å². The molecule has 0 saturated heterocycles. The topological polar surface area (TPSA) is 126 Å². The first-order valence-corrected chi connectivity index (χ1v) is 13.2. The first-order chi connectivity index (χ1) is 18.5. The maximum Gasteiger partial charge on any atom is 0.326 e. The van der Waals surface area contributed by atoms with Gasteiger partial charge in [0, 0.05) is 23.7 Å². The number of nitrogens with one attached hydrogen (secondary N) is 2. The number of pyridine rings is 1. The summed E-state index contributed by atoms with van der Waals surface area (Å²) in [5.41, 5.74) is 2.44. The molecule has 1 atom stereocenters. The van der Waals surface area contributed by atoms with Gasteiger partial charge in [0.15, 0.2) is 5.82 Å². The van der Waals surface area contributed by atoms with Crippen LogP contribution in [0.1, 0.15) is 37.5 Å². The monoisotopic (exact) mass is 629 g/mol. The van der Waals surface area contributed by atoms with E-state index >= 15 is 0 Å². The van der Waals surface area contributed by atoms with Gasteiger partial charge in [-0.25, -0.2) is 14.5 Å². The number of halogens is 3. The molecular weight excluding hydrogens is 609 g/mol. The van der Waals surface area contributed by atoms with E-state index in [1.807, 2.05) is 25.1 Å². The van der Waals surface area contributed by atoms with E-state index in [1.165, 1.54) is 23.0 Å². The molecule has 0 spiro atoms. The van der Waals surface area contributed by atoms with E-state index in [4.69, 9.17) is 23.2 Å². The first kappa shape index (κ1) is 28.3. The molecule has 0 fully saturated rings. The Bertz CT molecular complexity index is 1590. The van der Waals surface area contributed by atoms with Crippen molar-refractivity contribution in [3.63, 3.8) is 0 Å². The Morgan fingerprint density at radius 3 is 2.46 bits per heavy atom. The van der Waals surface area contributed by atoms with Crippen LogP contribution in [0.5, 0.6) is 0 Å². The molecule has 0 saturated carbocycles. The van der Waals surface area contributed by atoms with E-state index in [2.05, 4.69) is 36.6 Å². The van der Waals surface area contributed by atoms with Crippen molar-refractivity contribution < 1.29 is 19.5 Å². The molecule has 0 bridgehead atoms. The molecule has 2 aromatic carbocycles. The van der Waals surface area contributed by atoms with Crippen molar-refractivity contribution in [1.29, 1.82) is 0 Å². The predicted octanol–water partition coefficient (Wildman–Crippen LogP) is 5.63. The summed E-state index contributed by atoms with van der Waals surface area (Å²) in [5.74, 6) is -2.28. The molecule has 2 heterocycles. The number of nitrogens with zero attached hydrogens (tertiary/aromatic N) is 3. The van der Waals surface area contributed by atoms with E-state index in [-0.39, 0.29) is 39.2 Å². The molecule has 39 heavy (non-hydrogen) atoms. The first-order valence-electron chi connectivity index (χ1n) is 11.6. The Labute approximate surface area is 242 Å². The maximum atomic E-state index is 13.4. The number of aliphatic carboxylic acids is 1. The van der Waals surface area contributed by atoms with Crippen molar-refractivity contribution in [2.45, 2.75) is 26.3 Å². The average Bonchev–Trinajstić information content (AvgIpc) is 3.27. The van der Waals surface area contributed by atoms with Crippen LogP contribution in [0.3, 0.4) is 0 Å². The van der Waals surface area contributed by atoms with Gasteiger partial charge in [-0.05, 0) is 70.7 Å². The summed E-state index contributed by atoms with van der Waals surface area (Å²) in [4.78, 5) is 43.0. The summed E-state index contributed by atoms with van der Waals surface area (Å²) in [6.45, 7) is 3.54. The Morgan fingerprint density at radius 1 is 1.03 bits per heavy atom. The normalized spacial score (nSPS) is 11.6. The van der Waals surface area contributed by atoms with Gasteiger partial charge < -0.3 is 15.7 Å². The molecular formula is C27H22BrCl2N5O4. The molecule has 4 rings (SSSR count). The Balaban J connectivity index is 1.65.